The van der Waals surface area contributed by atoms with E-state index in [1.165, 1.54) is 0 Å². The molecule has 0 atom stereocenters. The quantitative estimate of drug-likeness (QED) is 0.914. The topological polar surface area (TPSA) is 62.5 Å². The van der Waals surface area contributed by atoms with E-state index in [0.29, 0.717) is 11.0 Å². The summed E-state index contributed by atoms with van der Waals surface area (Å²) in [7, 11) is 0. The highest BCUT2D eigenvalue weighted by molar-refractivity contribution is 6.30. The summed E-state index contributed by atoms with van der Waals surface area (Å²) in [5.41, 5.74) is 0.454. The van der Waals surface area contributed by atoms with Crippen LogP contribution in [0.15, 0.2) is 18.3 Å². The fourth-order valence-corrected chi connectivity index (χ4v) is 2.94. The third kappa shape index (κ3) is 2.60. The zero-order valence-electron chi connectivity index (χ0n) is 11.5. The summed E-state index contributed by atoms with van der Waals surface area (Å²) in [6, 6.07) is 3.62. The molecule has 0 radical (unpaired) electrons. The van der Waals surface area contributed by atoms with E-state index < -0.39 is 0 Å². The normalized spacial score (nSPS) is 26.9. The molecule has 2 aromatic rings. The van der Waals surface area contributed by atoms with Crippen LogP contribution in [-0.4, -0.2) is 31.9 Å². The van der Waals surface area contributed by atoms with E-state index >= 15 is 0 Å². The van der Waals surface area contributed by atoms with E-state index in [1.54, 1.807) is 16.8 Å². The van der Waals surface area contributed by atoms with Gasteiger partial charge in [-0.1, -0.05) is 18.5 Å². The van der Waals surface area contributed by atoms with Crippen molar-refractivity contribution in [2.24, 2.45) is 5.92 Å². The molecule has 20 heavy (non-hydrogen) atoms. The first-order valence-electron chi connectivity index (χ1n) is 7.01. The Morgan fingerprint density at radius 2 is 2.20 bits per heavy atom. The van der Waals surface area contributed by atoms with Crippen LogP contribution in [0, 0.1) is 5.92 Å². The van der Waals surface area contributed by atoms with Crippen LogP contribution in [0.3, 0.4) is 0 Å². The molecular weight excluding hydrogens is 276 g/mol. The first-order valence-corrected chi connectivity index (χ1v) is 7.39. The predicted octanol–water partition coefficient (Wildman–Crippen LogP) is 2.74. The molecule has 1 saturated carbocycles. The molecule has 2 N–H and O–H groups in total. The van der Waals surface area contributed by atoms with Crippen molar-refractivity contribution >= 4 is 23.2 Å². The monoisotopic (exact) mass is 294 g/mol. The van der Waals surface area contributed by atoms with Gasteiger partial charge in [0.25, 0.3) is 0 Å². The second kappa shape index (κ2) is 5.22. The summed E-state index contributed by atoms with van der Waals surface area (Å²) < 4.78 is 1.65. The van der Waals surface area contributed by atoms with Crippen LogP contribution >= 0.6 is 11.6 Å². The van der Waals surface area contributed by atoms with Gasteiger partial charge in [-0.25, -0.2) is 4.52 Å². The largest absolute Gasteiger partial charge is 0.394 e. The van der Waals surface area contributed by atoms with Crippen molar-refractivity contribution in [1.82, 2.24) is 14.6 Å². The Morgan fingerprint density at radius 1 is 1.45 bits per heavy atom. The third-order valence-corrected chi connectivity index (χ3v) is 4.43. The number of aliphatic hydroxyl groups is 1. The Hall–Kier alpha value is -1.33. The first kappa shape index (κ1) is 13.6. The van der Waals surface area contributed by atoms with Crippen LogP contribution in [0.25, 0.3) is 5.65 Å². The lowest BCUT2D eigenvalue weighted by Gasteiger charge is -2.38. The molecule has 0 bridgehead atoms. The number of hydrogen-bond donors (Lipinski definition) is 2. The molecule has 1 fully saturated rings. The zero-order chi connectivity index (χ0) is 14.2. The van der Waals surface area contributed by atoms with E-state index in [0.717, 1.165) is 37.2 Å². The fraction of sp³-hybridized carbons (Fsp3) is 0.571. The molecule has 0 unspecified atom stereocenters. The summed E-state index contributed by atoms with van der Waals surface area (Å²) in [6.07, 6.45) is 5.85. The fourth-order valence-electron chi connectivity index (χ4n) is 2.79. The number of fused-ring (bicyclic) bond motifs is 1. The van der Waals surface area contributed by atoms with Crippen molar-refractivity contribution in [3.05, 3.63) is 23.4 Å². The predicted molar refractivity (Wildman–Crippen MR) is 79.1 cm³/mol. The van der Waals surface area contributed by atoms with E-state index in [2.05, 4.69) is 22.3 Å². The molecule has 0 amide bonds. The van der Waals surface area contributed by atoms with Crippen LogP contribution in [0.4, 0.5) is 5.95 Å². The number of nitrogens with one attached hydrogen (secondary N) is 1. The maximum atomic E-state index is 9.76. The average molecular weight is 295 g/mol. The maximum absolute atomic E-state index is 9.76. The van der Waals surface area contributed by atoms with Crippen molar-refractivity contribution in [3.8, 4) is 0 Å². The van der Waals surface area contributed by atoms with E-state index in [9.17, 15) is 5.11 Å². The van der Waals surface area contributed by atoms with Gasteiger partial charge in [0.2, 0.25) is 5.95 Å². The molecule has 108 valence electrons. The Balaban J connectivity index is 1.84. The molecule has 3 rings (SSSR count). The SMILES string of the molecule is CC1CCC(CO)(Nc2nc3ccc(Cl)cn3n2)CC1. The van der Waals surface area contributed by atoms with Gasteiger partial charge < -0.3 is 10.4 Å². The molecule has 2 aromatic heterocycles. The number of halogens is 1. The number of pyridine rings is 1. The molecule has 5 nitrogen and oxygen atoms in total. The van der Waals surface area contributed by atoms with Crippen molar-refractivity contribution < 1.29 is 5.11 Å². The lowest BCUT2D eigenvalue weighted by molar-refractivity contribution is 0.154. The summed E-state index contributed by atoms with van der Waals surface area (Å²) in [4.78, 5) is 4.43. The van der Waals surface area contributed by atoms with E-state index in [4.69, 9.17) is 11.6 Å². The second-order valence-corrected chi connectivity index (χ2v) is 6.27. The highest BCUT2D eigenvalue weighted by atomic mass is 35.5. The minimum Gasteiger partial charge on any atom is -0.394 e. The van der Waals surface area contributed by atoms with Crippen LogP contribution < -0.4 is 5.32 Å². The number of hydrogen-bond acceptors (Lipinski definition) is 4. The van der Waals surface area contributed by atoms with Gasteiger partial charge in [0.05, 0.1) is 17.2 Å². The van der Waals surface area contributed by atoms with Gasteiger partial charge in [0, 0.05) is 6.20 Å². The average Bonchev–Trinajstić information content (AvgIpc) is 2.83. The van der Waals surface area contributed by atoms with Gasteiger partial charge in [0.15, 0.2) is 5.65 Å². The van der Waals surface area contributed by atoms with Crippen molar-refractivity contribution in [2.45, 2.75) is 38.1 Å². The number of aromatic nitrogens is 3. The van der Waals surface area contributed by atoms with Crippen LogP contribution in [0.5, 0.6) is 0 Å². The van der Waals surface area contributed by atoms with Gasteiger partial charge in [-0.15, -0.1) is 5.10 Å². The molecule has 6 heteroatoms. The summed E-state index contributed by atoms with van der Waals surface area (Å²) >= 11 is 5.94. The second-order valence-electron chi connectivity index (χ2n) is 5.83. The van der Waals surface area contributed by atoms with Gasteiger partial charge in [0.1, 0.15) is 0 Å². The Kier molecular flexibility index (Phi) is 3.56. The Morgan fingerprint density at radius 3 is 2.90 bits per heavy atom. The molecular formula is C14H19ClN4O. The minimum absolute atomic E-state index is 0.107. The molecule has 1 aliphatic rings. The molecule has 1 aliphatic carbocycles. The number of anilines is 1. The molecule has 0 spiro atoms. The lowest BCUT2D eigenvalue weighted by atomic mass is 9.77. The van der Waals surface area contributed by atoms with Crippen molar-refractivity contribution in [1.29, 1.82) is 0 Å². The van der Waals surface area contributed by atoms with Gasteiger partial charge in [-0.3, -0.25) is 0 Å². The summed E-state index contributed by atoms with van der Waals surface area (Å²) in [6.45, 7) is 2.36. The molecule has 0 aliphatic heterocycles. The Labute approximate surface area is 123 Å². The van der Waals surface area contributed by atoms with Crippen LogP contribution in [0.1, 0.15) is 32.6 Å². The van der Waals surface area contributed by atoms with Gasteiger partial charge in [-0.05, 0) is 43.7 Å². The maximum Gasteiger partial charge on any atom is 0.243 e. The Bertz CT molecular complexity index is 604. The summed E-state index contributed by atoms with van der Waals surface area (Å²) in [5, 5.41) is 18.1. The standard InChI is InChI=1S/C14H19ClN4O/c1-10-4-6-14(9-20,7-5-10)17-13-16-12-3-2-11(15)8-19(12)18-13/h2-3,8,10,20H,4-7,9H2,1H3,(H,17,18). The number of aliphatic hydroxyl groups excluding tert-OH is 1. The number of nitrogens with zero attached hydrogens (tertiary/aromatic N) is 3. The van der Waals surface area contributed by atoms with Crippen molar-refractivity contribution in [2.75, 3.05) is 11.9 Å². The highest BCUT2D eigenvalue weighted by Gasteiger charge is 2.34. The molecule has 2 heterocycles. The highest BCUT2D eigenvalue weighted by Crippen LogP contribution is 2.33. The van der Waals surface area contributed by atoms with Crippen LogP contribution in [0.2, 0.25) is 5.02 Å². The van der Waals surface area contributed by atoms with Crippen molar-refractivity contribution in [3.63, 3.8) is 0 Å². The minimum atomic E-state index is -0.290. The van der Waals surface area contributed by atoms with Gasteiger partial charge >= 0.3 is 0 Å². The smallest absolute Gasteiger partial charge is 0.243 e. The zero-order valence-corrected chi connectivity index (χ0v) is 12.3. The van der Waals surface area contributed by atoms with Crippen LogP contribution in [-0.2, 0) is 0 Å². The lowest BCUT2D eigenvalue weighted by Crippen LogP contribution is -2.45. The van der Waals surface area contributed by atoms with E-state index in [1.807, 2.05) is 6.07 Å². The molecule has 0 saturated heterocycles. The first-order chi connectivity index (χ1) is 9.60. The third-order valence-electron chi connectivity index (χ3n) is 4.21. The molecule has 0 aromatic carbocycles. The van der Waals surface area contributed by atoms with E-state index in [-0.39, 0.29) is 12.1 Å². The number of rotatable bonds is 3. The summed E-state index contributed by atoms with van der Waals surface area (Å²) in [5.74, 6) is 1.28. The van der Waals surface area contributed by atoms with Gasteiger partial charge in [-0.2, -0.15) is 4.98 Å².